The largest absolute Gasteiger partial charge is 0.497 e. The number of thiophene rings is 1. The minimum atomic E-state index is -0.183. The first-order chi connectivity index (χ1) is 63.7. The van der Waals surface area contributed by atoms with Gasteiger partial charge in [0.05, 0.1) is 33.7 Å². The Morgan fingerprint density at radius 3 is 1.08 bits per heavy atom. The second-order valence-corrected chi connectivity index (χ2v) is 42.6. The summed E-state index contributed by atoms with van der Waals surface area (Å²) < 4.78 is 29.8. The number of piperidine rings is 4. The molecular weight excluding hydrogens is 1680 g/mol. The van der Waals surface area contributed by atoms with E-state index in [9.17, 15) is 4.79 Å². The van der Waals surface area contributed by atoms with Crippen molar-refractivity contribution >= 4 is 17.4 Å². The zero-order valence-electron chi connectivity index (χ0n) is 90.8. The van der Waals surface area contributed by atoms with E-state index in [-0.39, 0.29) is 20.9 Å². The lowest BCUT2D eigenvalue weighted by molar-refractivity contribution is 0.0716. The quantitative estimate of drug-likeness (QED) is 0.130. The molecule has 7 aliphatic heterocycles. The summed E-state index contributed by atoms with van der Waals surface area (Å²) in [5.74, 6) is 13.5. The van der Waals surface area contributed by atoms with Crippen LogP contribution in [0.5, 0.6) is 11.5 Å². The van der Waals surface area contributed by atoms with Gasteiger partial charge in [-0.3, -0.25) is 0 Å². The van der Waals surface area contributed by atoms with Crippen LogP contribution in [0.25, 0.3) is 0 Å². The van der Waals surface area contributed by atoms with Crippen molar-refractivity contribution in [3.8, 4) is 11.5 Å². The number of aryl methyl sites for hydroxylation is 9. The predicted molar refractivity (Wildman–Crippen MR) is 594 cm³/mol. The second kappa shape index (κ2) is 86.3. The first-order valence-electron chi connectivity index (χ1n) is 53.3. The Labute approximate surface area is 839 Å². The minimum absolute atomic E-state index is 0. The summed E-state index contributed by atoms with van der Waals surface area (Å²) in [6.07, 6.45) is 45.1. The Kier molecular flexibility index (Phi) is 84.0. The number of nitrogens with one attached hydrogen (secondary N) is 3. The van der Waals surface area contributed by atoms with E-state index in [4.69, 9.17) is 29.1 Å². The van der Waals surface area contributed by atoms with Crippen LogP contribution in [0.4, 0.5) is 4.79 Å². The van der Waals surface area contributed by atoms with Crippen LogP contribution in [0.3, 0.4) is 0 Å². The van der Waals surface area contributed by atoms with E-state index in [0.29, 0.717) is 12.1 Å². The molecule has 15 heteroatoms. The Balaban J connectivity index is 0. The average molecular weight is 1900 g/mol. The number of ether oxygens (including phenoxy) is 5. The first kappa shape index (κ1) is 131. The highest BCUT2D eigenvalue weighted by molar-refractivity contribution is 7.10. The zero-order valence-corrected chi connectivity index (χ0v) is 91.7. The number of furan rings is 1. The number of rotatable bonds is 2. The van der Waals surface area contributed by atoms with Crippen molar-refractivity contribution in [1.29, 1.82) is 0 Å². The van der Waals surface area contributed by atoms with Crippen LogP contribution in [-0.2, 0) is 14.2 Å². The van der Waals surface area contributed by atoms with Gasteiger partial charge in [0.25, 0.3) is 0 Å². The molecule has 18 rings (SSSR count). The lowest BCUT2D eigenvalue weighted by Crippen LogP contribution is -2.40. The average Bonchev–Trinajstić information content (AvgIpc) is 1.39. The molecule has 2 aromatic heterocycles. The van der Waals surface area contributed by atoms with E-state index in [0.717, 1.165) is 141 Å². The van der Waals surface area contributed by atoms with Crippen molar-refractivity contribution < 1.29 is 32.9 Å². The molecule has 4 atom stereocenters. The maximum absolute atomic E-state index is 11.0. The van der Waals surface area contributed by atoms with Gasteiger partial charge in [0.15, 0.2) is 0 Å². The molecule has 12 fully saturated rings. The summed E-state index contributed by atoms with van der Waals surface area (Å²) in [6.45, 7) is 63.2. The third-order valence-corrected chi connectivity index (χ3v) is 28.1. The molecule has 135 heavy (non-hydrogen) atoms. The maximum Gasteiger partial charge on any atom is 0.409 e. The van der Waals surface area contributed by atoms with Crippen molar-refractivity contribution in [2.24, 2.45) is 70.8 Å². The second-order valence-electron chi connectivity index (χ2n) is 41.4. The van der Waals surface area contributed by atoms with Crippen molar-refractivity contribution in [2.75, 3.05) is 134 Å². The van der Waals surface area contributed by atoms with Crippen molar-refractivity contribution in [3.63, 3.8) is 0 Å². The smallest absolute Gasteiger partial charge is 0.409 e. The minimum Gasteiger partial charge on any atom is -0.497 e. The molecule has 1 amide bonds. The lowest BCUT2D eigenvalue weighted by atomic mass is 9.82. The van der Waals surface area contributed by atoms with E-state index in [1.165, 1.54) is 289 Å². The van der Waals surface area contributed by atoms with Gasteiger partial charge >= 0.3 is 6.09 Å². The Hall–Kier alpha value is -5.59. The Morgan fingerprint density at radius 2 is 0.807 bits per heavy atom. The van der Waals surface area contributed by atoms with E-state index in [1.807, 2.05) is 74.5 Å². The summed E-state index contributed by atoms with van der Waals surface area (Å²) >= 11 is 1.80. The van der Waals surface area contributed by atoms with E-state index in [2.05, 4.69) is 236 Å². The highest BCUT2D eigenvalue weighted by Gasteiger charge is 2.21. The summed E-state index contributed by atoms with van der Waals surface area (Å²) in [4.78, 5) is 18.9. The van der Waals surface area contributed by atoms with Crippen LogP contribution in [-0.4, -0.2) is 167 Å². The van der Waals surface area contributed by atoms with Crippen LogP contribution < -0.4 is 31.2 Å². The molecule has 0 radical (unpaired) electrons. The highest BCUT2D eigenvalue weighted by Crippen LogP contribution is 2.30. The highest BCUT2D eigenvalue weighted by atomic mass is 32.1. The molecule has 14 nitrogen and oxygen atoms in total. The molecule has 9 heterocycles. The van der Waals surface area contributed by atoms with Crippen molar-refractivity contribution in [2.45, 2.75) is 371 Å². The first-order valence-corrected chi connectivity index (χ1v) is 54.1. The molecule has 0 bridgehead atoms. The van der Waals surface area contributed by atoms with Gasteiger partial charge in [0.2, 0.25) is 0 Å². The van der Waals surface area contributed by atoms with Gasteiger partial charge in [-0.05, 0) is 349 Å². The van der Waals surface area contributed by atoms with Crippen molar-refractivity contribution in [1.82, 2.24) is 30.7 Å². The number of hydrogen-bond acceptors (Lipinski definition) is 14. The number of benzene rings is 4. The molecule has 5 saturated carbocycles. The van der Waals surface area contributed by atoms with Crippen molar-refractivity contribution in [3.05, 3.63) is 176 Å². The molecule has 0 spiro atoms. The summed E-state index contributed by atoms with van der Waals surface area (Å²) in [6, 6.07) is 39.3. The fourth-order valence-electron chi connectivity index (χ4n) is 15.8. The fraction of sp³-hybridized carbons (Fsp3) is 0.725. The third-order valence-electron chi connectivity index (χ3n) is 27.2. The fourth-order valence-corrected chi connectivity index (χ4v) is 16.5. The van der Waals surface area contributed by atoms with Gasteiger partial charge in [0, 0.05) is 70.0 Å². The Morgan fingerprint density at radius 1 is 0.378 bits per heavy atom. The molecule has 5 N–H and O–H groups in total. The molecule has 6 aromatic rings. The molecule has 780 valence electrons. The van der Waals surface area contributed by atoms with Crippen LogP contribution in [0, 0.1) is 127 Å². The molecular formula is C120H217N7O7S. The summed E-state index contributed by atoms with van der Waals surface area (Å²) in [5, 5.41) is 12.0. The number of piperazine rings is 1. The van der Waals surface area contributed by atoms with Gasteiger partial charge in [-0.15, -0.1) is 11.3 Å². The summed E-state index contributed by atoms with van der Waals surface area (Å²) in [7, 11) is 9.15. The number of nitrogens with two attached hydrogens (primary N) is 1. The van der Waals surface area contributed by atoms with Crippen LogP contribution in [0.2, 0.25) is 0 Å². The molecule has 4 aromatic carbocycles. The van der Waals surface area contributed by atoms with E-state index < -0.39 is 0 Å². The topological polar surface area (TPSA) is 148 Å². The third kappa shape index (κ3) is 79.7. The number of amides is 1. The normalized spacial score (nSPS) is 21.5. The SMILES string of the molecule is C.C.CC1CC1.CC1CCC(N)CC1.CC1CCCC1.CC1CCCCC1.CC1CCCCC1C.CC1CCCNC1.CC1CCCO1.CC1CCN(C)CC1.CC1CCNCC1.CC1CCOCC1.CN1CCNCC1.COC(=O)N1CCC(C)CC1.COc1cc(C)ccc1C.COc1ccc(C)cc1.Cc1ccc(C)cc1.Cc1ccccc1.Cc1ccco1.Cc1ccsc1C. The molecule has 4 unspecified atom stereocenters. The zero-order chi connectivity index (χ0) is 98.6. The molecule has 5 aliphatic carbocycles. The van der Waals surface area contributed by atoms with E-state index >= 15 is 0 Å². The molecule has 7 saturated heterocycles. The van der Waals surface area contributed by atoms with Crippen LogP contribution >= 0.6 is 11.3 Å². The van der Waals surface area contributed by atoms with Gasteiger partial charge in [0.1, 0.15) is 17.3 Å². The van der Waals surface area contributed by atoms with Crippen LogP contribution in [0.15, 0.2) is 131 Å². The maximum atomic E-state index is 11.0. The number of nitrogens with zero attached hydrogens (tertiary/aromatic N) is 3. The van der Waals surface area contributed by atoms with Gasteiger partial charge in [-0.25, -0.2) is 4.79 Å². The summed E-state index contributed by atoms with van der Waals surface area (Å²) in [5.41, 5.74) is 14.8. The van der Waals surface area contributed by atoms with Gasteiger partial charge < -0.3 is 64.5 Å². The number of carbonyl (C=O) groups excluding carboxylic acids is 1. The van der Waals surface area contributed by atoms with Gasteiger partial charge in [-0.1, -0.05) is 288 Å². The molecule has 12 aliphatic rings. The standard InChI is InChI=1S/C9H12O.C8H15NO2.C8H10O.C8H10.C8H16.2C7H15N.C7H14.C7H8.2C6H13N.C6H12O.C6H8S.C6H12.C5H12N2.C5H10O.C5H6O.C4H8.2CH4/c1-7-4-5-8(2)9(6-7)10-3;1-7-3-5-9(6-4-7)8(10)11-2;1-7-3-5-8(9-2)6-4-7;1-7-3-5-8(2)6-4-7;1-7-5-3-4-6-8(7)2;1-7-3-5-8(2)6-4-7;1-6-2-4-7(8)5-3-6;2*1-7-5-3-2-4-6-7;1-6-2-4-7-5-3-6;1-6-3-2-4-7-5-6;1-6-2-4-7-5-3-6;1-5-3-4-7-6(5)2;1-6-4-2-3-5-6;1-7-4-2-6-3-5-7;2*1-5-3-2-4-6-5;1-4-2-3-4;;/h4-6H,1-3H3;7H,3-6H2,1-2H3;3-6H,1-2H3;3-6H,1-2H3;7-8H,3-6H2,1-2H3;7H,3-6H2,1-2H3;6-7H,2-5,8H2,1H3;7H,2-6H2,1H3;2-6H,1H3;2*6-7H,2-5H2,1H3;6H,2-5H2,1H3;3-4H,1-2H3;6H,2-5H2,1H3;6H,2-5H2,1H3;5H,2-4H2,1H3;2-4H,1H3;4H,2-3H2,1H3;2*1H4. The predicted octanol–water partition coefficient (Wildman–Crippen LogP) is 31.4. The number of likely N-dealkylation sites (tertiary alicyclic amines) is 2. The number of likely N-dealkylation sites (N-methyl/N-ethyl adjacent to an activating group) is 1. The number of hydrogen-bond donors (Lipinski definition) is 4. The number of methoxy groups -OCH3 is 3. The van der Waals surface area contributed by atoms with Gasteiger partial charge in [-0.2, -0.15) is 0 Å². The monoisotopic (exact) mass is 1900 g/mol. The lowest BCUT2D eigenvalue weighted by Gasteiger charge is -2.28. The number of carbonyl (C=O) groups is 1. The Bertz CT molecular complexity index is 3280. The van der Waals surface area contributed by atoms with Crippen LogP contribution in [0.1, 0.15) is 347 Å². The van der Waals surface area contributed by atoms with E-state index in [1.54, 1.807) is 36.7 Å².